The molecule has 1 unspecified atom stereocenters. The van der Waals surface area contributed by atoms with Crippen LogP contribution < -0.4 is 15.5 Å². The van der Waals surface area contributed by atoms with E-state index >= 15 is 0 Å². The van der Waals surface area contributed by atoms with Gasteiger partial charge in [0.2, 0.25) is 0 Å². The molecule has 8 heteroatoms. The fraction of sp³-hybridized carbons (Fsp3) is 0.0909. The summed E-state index contributed by atoms with van der Waals surface area (Å²) in [7, 11) is 1.58. The molecule has 0 bridgehead atoms. The minimum Gasteiger partial charge on any atom is -0.497 e. The van der Waals surface area contributed by atoms with E-state index in [1.807, 2.05) is 12.1 Å². The van der Waals surface area contributed by atoms with Crippen LogP contribution in [0.1, 0.15) is 32.4 Å². The largest absolute Gasteiger partial charge is 0.497 e. The maximum atomic E-state index is 13.3. The second-order valence-electron chi connectivity index (χ2n) is 6.63. The summed E-state index contributed by atoms with van der Waals surface area (Å²) in [4.78, 5) is 26.1. The number of carbonyl (C=O) groups excluding carboxylic acids is 2. The van der Waals surface area contributed by atoms with E-state index in [0.717, 1.165) is 5.56 Å². The van der Waals surface area contributed by atoms with Crippen LogP contribution in [0.5, 0.6) is 5.75 Å². The average Bonchev–Trinajstić information content (AvgIpc) is 2.76. The summed E-state index contributed by atoms with van der Waals surface area (Å²) in [5.74, 6) is -0.134. The number of rotatable bonds is 4. The second-order valence-corrected chi connectivity index (χ2v) is 7.51. The number of hydrogen-bond acceptors (Lipinski definition) is 4. The van der Waals surface area contributed by atoms with E-state index in [2.05, 4.69) is 10.7 Å². The fourth-order valence-electron chi connectivity index (χ4n) is 3.19. The predicted molar refractivity (Wildman–Crippen MR) is 116 cm³/mol. The van der Waals surface area contributed by atoms with E-state index in [-0.39, 0.29) is 5.91 Å². The van der Waals surface area contributed by atoms with E-state index < -0.39 is 12.1 Å². The number of methoxy groups -OCH3 is 1. The van der Waals surface area contributed by atoms with Gasteiger partial charge in [0.25, 0.3) is 11.8 Å². The van der Waals surface area contributed by atoms with Crippen molar-refractivity contribution in [3.63, 3.8) is 0 Å². The first-order valence-electron chi connectivity index (χ1n) is 9.06. The first-order valence-corrected chi connectivity index (χ1v) is 9.82. The zero-order valence-electron chi connectivity index (χ0n) is 15.9. The zero-order chi connectivity index (χ0) is 21.3. The highest BCUT2D eigenvalue weighted by molar-refractivity contribution is 6.31. The number of nitrogens with one attached hydrogen (secondary N) is 2. The highest BCUT2D eigenvalue weighted by Crippen LogP contribution is 2.34. The Kier molecular flexibility index (Phi) is 5.53. The van der Waals surface area contributed by atoms with Crippen molar-refractivity contribution in [2.45, 2.75) is 6.17 Å². The number of amides is 2. The number of anilines is 1. The number of ether oxygens (including phenoxy) is 1. The molecule has 2 N–H and O–H groups in total. The minimum atomic E-state index is -0.631. The van der Waals surface area contributed by atoms with Crippen molar-refractivity contribution in [2.75, 3.05) is 12.4 Å². The van der Waals surface area contributed by atoms with Crippen LogP contribution in [-0.4, -0.2) is 23.9 Å². The van der Waals surface area contributed by atoms with Crippen LogP contribution in [0.25, 0.3) is 0 Å². The van der Waals surface area contributed by atoms with Crippen molar-refractivity contribution in [3.8, 4) is 5.75 Å². The number of fused-ring (bicyclic) bond motifs is 1. The third-order valence-corrected chi connectivity index (χ3v) is 5.23. The van der Waals surface area contributed by atoms with Gasteiger partial charge < -0.3 is 10.1 Å². The van der Waals surface area contributed by atoms with E-state index in [1.54, 1.807) is 61.7 Å². The summed E-state index contributed by atoms with van der Waals surface area (Å²) < 4.78 is 5.21. The number of benzene rings is 3. The Balaban J connectivity index is 1.71. The molecule has 152 valence electrons. The molecule has 1 aliphatic rings. The normalized spacial score (nSPS) is 15.2. The summed E-state index contributed by atoms with van der Waals surface area (Å²) in [5, 5.41) is 5.50. The van der Waals surface area contributed by atoms with Crippen LogP contribution >= 0.6 is 23.2 Å². The molecular weight excluding hydrogens is 425 g/mol. The molecule has 4 rings (SSSR count). The van der Waals surface area contributed by atoms with Crippen LogP contribution in [0.15, 0.2) is 66.7 Å². The Bertz CT molecular complexity index is 1100. The van der Waals surface area contributed by atoms with E-state index in [1.165, 1.54) is 5.01 Å². The molecule has 1 heterocycles. The zero-order valence-corrected chi connectivity index (χ0v) is 17.4. The lowest BCUT2D eigenvalue weighted by Crippen LogP contribution is -2.52. The van der Waals surface area contributed by atoms with Crippen molar-refractivity contribution < 1.29 is 14.3 Å². The first kappa shape index (κ1) is 20.1. The topological polar surface area (TPSA) is 70.7 Å². The van der Waals surface area contributed by atoms with E-state index in [4.69, 9.17) is 27.9 Å². The molecule has 0 aliphatic carbocycles. The monoisotopic (exact) mass is 441 g/mol. The molecule has 1 aliphatic heterocycles. The smallest absolute Gasteiger partial charge is 0.276 e. The molecule has 0 saturated heterocycles. The first-order chi connectivity index (χ1) is 14.5. The molecule has 6 nitrogen and oxygen atoms in total. The lowest BCUT2D eigenvalue weighted by Gasteiger charge is -2.37. The molecule has 2 amide bonds. The highest BCUT2D eigenvalue weighted by Gasteiger charge is 2.34. The molecular formula is C22H17Cl2N3O3. The summed E-state index contributed by atoms with van der Waals surface area (Å²) in [6, 6.07) is 18.6. The van der Waals surface area contributed by atoms with E-state index in [0.29, 0.717) is 32.6 Å². The Labute approximate surface area is 183 Å². The Morgan fingerprint density at radius 1 is 1.00 bits per heavy atom. The van der Waals surface area contributed by atoms with Crippen LogP contribution in [0.4, 0.5) is 5.69 Å². The Morgan fingerprint density at radius 2 is 1.67 bits per heavy atom. The number of halogens is 2. The van der Waals surface area contributed by atoms with Crippen molar-refractivity contribution in [1.29, 1.82) is 0 Å². The quantitative estimate of drug-likeness (QED) is 0.602. The van der Waals surface area contributed by atoms with Gasteiger partial charge in [-0.3, -0.25) is 15.0 Å². The van der Waals surface area contributed by atoms with Crippen molar-refractivity contribution in [3.05, 3.63) is 93.5 Å². The number of hydrogen-bond donors (Lipinski definition) is 2. The number of hydrazine groups is 1. The van der Waals surface area contributed by atoms with Gasteiger partial charge in [0.1, 0.15) is 11.9 Å². The maximum absolute atomic E-state index is 13.3. The summed E-state index contributed by atoms with van der Waals surface area (Å²) >= 11 is 12.0. The molecule has 3 aromatic rings. The highest BCUT2D eigenvalue weighted by atomic mass is 35.5. The Hall–Kier alpha value is -3.22. The standard InChI is InChI=1S/C22H17Cl2N3O3/c1-30-17-9-4-13(5-10-17)20-25-19-11-8-16(24)12-18(19)22(29)27(20)26-21(28)14-2-6-15(23)7-3-14/h2-12,20,25H,1H3,(H,26,28). The molecule has 3 aromatic carbocycles. The van der Waals surface area contributed by atoms with Crippen LogP contribution in [0.2, 0.25) is 10.0 Å². The van der Waals surface area contributed by atoms with Gasteiger partial charge in [0, 0.05) is 21.3 Å². The molecule has 0 saturated carbocycles. The number of carbonyl (C=O) groups is 2. The molecule has 30 heavy (non-hydrogen) atoms. The third kappa shape index (κ3) is 3.92. The molecule has 0 radical (unpaired) electrons. The predicted octanol–water partition coefficient (Wildman–Crippen LogP) is 4.91. The van der Waals surface area contributed by atoms with Gasteiger partial charge in [0.05, 0.1) is 12.7 Å². The molecule has 0 spiro atoms. The van der Waals surface area contributed by atoms with Crippen molar-refractivity contribution >= 4 is 40.7 Å². The van der Waals surface area contributed by atoms with Gasteiger partial charge in [-0.15, -0.1) is 0 Å². The SMILES string of the molecule is COc1ccc(C2Nc3ccc(Cl)cc3C(=O)N2NC(=O)c2ccc(Cl)cc2)cc1. The summed E-state index contributed by atoms with van der Waals surface area (Å²) in [6.07, 6.45) is -0.631. The van der Waals surface area contributed by atoms with Gasteiger partial charge in [-0.1, -0.05) is 35.3 Å². The Morgan fingerprint density at radius 3 is 2.33 bits per heavy atom. The van der Waals surface area contributed by atoms with Gasteiger partial charge in [-0.2, -0.15) is 0 Å². The lowest BCUT2D eigenvalue weighted by atomic mass is 10.0. The van der Waals surface area contributed by atoms with Gasteiger partial charge in [-0.05, 0) is 60.2 Å². The summed E-state index contributed by atoms with van der Waals surface area (Å²) in [5.41, 5.74) is 4.84. The number of nitrogens with zero attached hydrogens (tertiary/aromatic N) is 1. The molecule has 0 aromatic heterocycles. The van der Waals surface area contributed by atoms with Crippen molar-refractivity contribution in [2.24, 2.45) is 0 Å². The van der Waals surface area contributed by atoms with Crippen molar-refractivity contribution in [1.82, 2.24) is 10.4 Å². The molecule has 1 atom stereocenters. The minimum absolute atomic E-state index is 0.365. The fourth-order valence-corrected chi connectivity index (χ4v) is 3.49. The van der Waals surface area contributed by atoms with Crippen LogP contribution in [0.3, 0.4) is 0 Å². The molecule has 0 fully saturated rings. The van der Waals surface area contributed by atoms with Gasteiger partial charge in [0.15, 0.2) is 0 Å². The second kappa shape index (κ2) is 8.26. The van der Waals surface area contributed by atoms with Gasteiger partial charge >= 0.3 is 0 Å². The van der Waals surface area contributed by atoms with E-state index in [9.17, 15) is 9.59 Å². The van der Waals surface area contributed by atoms with Crippen LogP contribution in [-0.2, 0) is 0 Å². The van der Waals surface area contributed by atoms with Crippen LogP contribution in [0, 0.1) is 0 Å². The average molecular weight is 442 g/mol. The maximum Gasteiger partial charge on any atom is 0.276 e. The third-order valence-electron chi connectivity index (χ3n) is 4.74. The summed E-state index contributed by atoms with van der Waals surface area (Å²) in [6.45, 7) is 0. The lowest BCUT2D eigenvalue weighted by molar-refractivity contribution is 0.0491. The van der Waals surface area contributed by atoms with Gasteiger partial charge in [-0.25, -0.2) is 5.01 Å².